The average Bonchev–Trinajstić information content (AvgIpc) is 1.68. The van der Waals surface area contributed by atoms with E-state index in [4.69, 9.17) is 37.5 Å². The first-order valence-corrected chi connectivity index (χ1v) is 30.8. The molecule has 4 aromatic carbocycles. The predicted octanol–water partition coefficient (Wildman–Crippen LogP) is 8.43. The highest BCUT2D eigenvalue weighted by Gasteiger charge is 2.35. The number of aromatic hydroxyl groups is 1. The van der Waals surface area contributed by atoms with Crippen molar-refractivity contribution in [2.75, 3.05) is 57.6 Å². The number of carboxylic acids is 1. The lowest BCUT2D eigenvalue weighted by Crippen LogP contribution is -2.54. The lowest BCUT2D eigenvalue weighted by molar-refractivity contribution is -0.903. The second kappa shape index (κ2) is 33.2. The Morgan fingerprint density at radius 1 is 0.916 bits per heavy atom. The van der Waals surface area contributed by atoms with Crippen molar-refractivity contribution >= 4 is 70.4 Å². The molecule has 7 rings (SSSR count). The summed E-state index contributed by atoms with van der Waals surface area (Å²) >= 11 is 6.78. The van der Waals surface area contributed by atoms with Gasteiger partial charge in [-0.1, -0.05) is 60.9 Å². The molecule has 0 aliphatic carbocycles. The summed E-state index contributed by atoms with van der Waals surface area (Å²) < 4.78 is 40.8. The number of azide groups is 1. The van der Waals surface area contributed by atoms with Crippen molar-refractivity contribution in [3.8, 4) is 23.1 Å². The Balaban J connectivity index is 0.00000193. The van der Waals surface area contributed by atoms with E-state index in [-0.39, 0.29) is 56.1 Å². The van der Waals surface area contributed by atoms with E-state index < -0.39 is 54.1 Å². The van der Waals surface area contributed by atoms with Gasteiger partial charge < -0.3 is 70.6 Å². The summed E-state index contributed by atoms with van der Waals surface area (Å²) in [5.41, 5.74) is 23.2. The third-order valence-electron chi connectivity index (χ3n) is 16.3. The third-order valence-corrected chi connectivity index (χ3v) is 16.6. The highest BCUT2D eigenvalue weighted by Crippen LogP contribution is 2.38. The molecule has 29 heteroatoms. The minimum Gasteiger partial charge on any atom is -0.542 e. The molecule has 0 saturated heterocycles. The number of ether oxygens (including phenoxy) is 1. The second-order valence-corrected chi connectivity index (χ2v) is 24.3. The van der Waals surface area contributed by atoms with Crippen LogP contribution in [0.5, 0.6) is 5.75 Å². The van der Waals surface area contributed by atoms with Crippen LogP contribution in [0.3, 0.4) is 0 Å². The van der Waals surface area contributed by atoms with Gasteiger partial charge in [0.05, 0.1) is 45.0 Å². The first-order chi connectivity index (χ1) is 44.9. The fourth-order valence-electron chi connectivity index (χ4n) is 11.1. The van der Waals surface area contributed by atoms with Crippen LogP contribution < -0.4 is 42.3 Å². The van der Waals surface area contributed by atoms with Gasteiger partial charge in [-0.05, 0) is 148 Å². The number of nitrogens with zero attached hydrogens (tertiary/aromatic N) is 9. The monoisotopic (exact) mass is 1330 g/mol. The van der Waals surface area contributed by atoms with Gasteiger partial charge in [-0.15, -0.1) is 0 Å². The number of benzene rings is 4. The Labute approximate surface area is 553 Å². The van der Waals surface area contributed by atoms with E-state index in [0.29, 0.717) is 98.5 Å². The molecule has 0 spiro atoms. The standard InChI is InChI=1S/C64H78ClN15O8.C2HF3O2/c1-39(2)58(74-64(87)88-29-27-71-75-68)60(83)73-55(17-12-26-70-63(67)86)59(82)72-47-20-18-44(45(30-47)36-69-5)38-80(8,9)28-13-16-49-31-42-14-10-11-15-43(42)37-78(49)61(84)52-25-19-46(65)32-54(52)57-34-53(40(3)77(57)7)62(85)79(48-21-23-51(81)24-22-48)56-33-50(35-66)76(6)41(56)4;3-2(4,5)1(6)7/h10-11,14-15,18-25,30,32-34,39,49,55,58,69H,12-13,16-17,26-29,31,36-38H2,1-9H3,(H6-,67,70,72,73,74,81,82,83,86,87);(H,6,7)/t49-,55+,58+;/m1./s1. The van der Waals surface area contributed by atoms with Gasteiger partial charge in [-0.25, -0.2) is 9.59 Å². The number of anilines is 3. The van der Waals surface area contributed by atoms with Crippen molar-refractivity contribution in [3.05, 3.63) is 163 Å². The van der Waals surface area contributed by atoms with E-state index in [1.807, 2.05) is 67.7 Å². The van der Waals surface area contributed by atoms with Crippen LogP contribution in [0.4, 0.5) is 39.8 Å². The number of rotatable bonds is 26. The number of nitrogens with two attached hydrogens (primary N) is 1. The van der Waals surface area contributed by atoms with Crippen molar-refractivity contribution in [2.24, 2.45) is 30.9 Å². The molecule has 7 amide bonds. The lowest BCUT2D eigenvalue weighted by Gasteiger charge is -2.38. The van der Waals surface area contributed by atoms with Crippen molar-refractivity contribution in [3.63, 3.8) is 0 Å². The zero-order valence-electron chi connectivity index (χ0n) is 54.3. The Hall–Kier alpha value is -10.1. The van der Waals surface area contributed by atoms with E-state index >= 15 is 9.59 Å². The number of phenolic OH excluding ortho intramolecular Hbond substituents is 1. The maximum absolute atomic E-state index is 15.4. The molecule has 3 atom stereocenters. The number of nitriles is 1. The number of hydrogen-bond donors (Lipinski definition) is 7. The first-order valence-electron chi connectivity index (χ1n) is 30.4. The molecule has 0 bridgehead atoms. The SMILES string of the molecule is CNCc1cc(NC(=O)[C@H](CCCNC(N)=O)NC(=O)[C@@H](NC(=O)OCCN=[N+]=[N-])C(C)C)ccc1C[N+](C)(C)CCC[C@@H]1Cc2ccccc2CN1C(=O)c1ccc(Cl)cc1-c1cc(C(=O)N(c2ccc(O)cc2)c2cc(C#N)n(C)c2C)c(C)n1C.O=C([O-])C(F)(F)F. The number of aromatic nitrogens is 2. The number of nitrogens with one attached hydrogen (secondary N) is 5. The number of fused-ring (bicyclic) bond motifs is 1. The van der Waals surface area contributed by atoms with Crippen LogP contribution in [0, 0.1) is 31.1 Å². The topological polar surface area (TPSA) is 347 Å². The molecular weight excluding hydrogens is 1260 g/mol. The molecule has 6 aromatic rings. The molecule has 95 heavy (non-hydrogen) atoms. The van der Waals surface area contributed by atoms with Crippen LogP contribution in [0.2, 0.25) is 5.02 Å². The van der Waals surface area contributed by atoms with Crippen molar-refractivity contribution < 1.29 is 66.2 Å². The predicted molar refractivity (Wildman–Crippen MR) is 349 cm³/mol. The van der Waals surface area contributed by atoms with Crippen LogP contribution >= 0.6 is 11.6 Å². The Morgan fingerprint density at radius 2 is 1.60 bits per heavy atom. The summed E-state index contributed by atoms with van der Waals surface area (Å²) in [5, 5.41) is 46.7. The van der Waals surface area contributed by atoms with Crippen LogP contribution in [-0.4, -0.2) is 137 Å². The maximum Gasteiger partial charge on any atom is 0.430 e. The minimum absolute atomic E-state index is 0.0325. The van der Waals surface area contributed by atoms with Crippen molar-refractivity contribution in [2.45, 2.75) is 104 Å². The largest absolute Gasteiger partial charge is 0.542 e. The normalized spacial score (nSPS) is 13.4. The summed E-state index contributed by atoms with van der Waals surface area (Å²) in [7, 11) is 9.78. The quantitative estimate of drug-likeness (QED) is 0.00884. The number of quaternary nitrogens is 1. The number of carbonyl (C=O) groups is 7. The third kappa shape index (κ3) is 19.7. The van der Waals surface area contributed by atoms with E-state index in [0.717, 1.165) is 29.7 Å². The maximum atomic E-state index is 15.4. The van der Waals surface area contributed by atoms with Gasteiger partial charge in [0.25, 0.3) is 11.8 Å². The molecule has 0 radical (unpaired) electrons. The smallest absolute Gasteiger partial charge is 0.430 e. The number of alkyl carbamates (subject to hydrolysis) is 1. The van der Waals surface area contributed by atoms with Crippen LogP contribution in [0.1, 0.15) is 99.6 Å². The van der Waals surface area contributed by atoms with Gasteiger partial charge in [0, 0.05) is 94.9 Å². The number of primary amides is 1. The van der Waals surface area contributed by atoms with Gasteiger partial charge in [0.2, 0.25) is 11.8 Å². The Morgan fingerprint density at radius 3 is 2.22 bits per heavy atom. The van der Waals surface area contributed by atoms with Crippen molar-refractivity contribution in [1.29, 1.82) is 5.26 Å². The molecule has 0 saturated carbocycles. The summed E-state index contributed by atoms with van der Waals surface area (Å²) in [4.78, 5) is 97.1. The van der Waals surface area contributed by atoms with Crippen LogP contribution in [0.15, 0.2) is 102 Å². The van der Waals surface area contributed by atoms with E-state index in [9.17, 15) is 42.7 Å². The summed E-state index contributed by atoms with van der Waals surface area (Å²) in [6.07, 6.45) is -3.55. The number of alkyl halides is 3. The molecule has 3 heterocycles. The van der Waals surface area contributed by atoms with Gasteiger partial charge in [-0.2, -0.15) is 18.4 Å². The van der Waals surface area contributed by atoms with Gasteiger partial charge in [0.1, 0.15) is 42.1 Å². The number of aliphatic carboxylic acids is 1. The van der Waals surface area contributed by atoms with E-state index in [1.54, 1.807) is 67.9 Å². The van der Waals surface area contributed by atoms with E-state index in [1.165, 1.54) is 22.6 Å². The molecule has 0 fully saturated rings. The highest BCUT2D eigenvalue weighted by atomic mass is 35.5. The number of phenols is 1. The van der Waals surface area contributed by atoms with Gasteiger partial charge in [0.15, 0.2) is 0 Å². The highest BCUT2D eigenvalue weighted by molar-refractivity contribution is 6.31. The Bertz CT molecular complexity index is 3880. The second-order valence-electron chi connectivity index (χ2n) is 23.9. The van der Waals surface area contributed by atoms with Crippen molar-refractivity contribution in [1.82, 2.24) is 35.3 Å². The molecular formula is C66H79ClF3N15O10. The lowest BCUT2D eigenvalue weighted by atomic mass is 9.90. The molecule has 25 nitrogen and oxygen atoms in total. The number of halogens is 4. The summed E-state index contributed by atoms with van der Waals surface area (Å²) in [5.74, 6) is -5.07. The Kier molecular flexibility index (Phi) is 25.8. The molecule has 1 aliphatic rings. The fourth-order valence-corrected chi connectivity index (χ4v) is 11.3. The average molecular weight is 1330 g/mol. The van der Waals surface area contributed by atoms with Crippen LogP contribution in [0.25, 0.3) is 21.7 Å². The van der Waals surface area contributed by atoms with E-state index in [2.05, 4.69) is 68.9 Å². The number of amides is 7. The number of urea groups is 1. The zero-order chi connectivity index (χ0) is 70.1. The molecule has 506 valence electrons. The number of carboxylic acid groups (broad SMARTS) is 1. The number of carbonyl (C=O) groups excluding carboxylic acids is 7. The zero-order valence-corrected chi connectivity index (χ0v) is 55.0. The number of hydrogen-bond acceptors (Lipinski definition) is 13. The summed E-state index contributed by atoms with van der Waals surface area (Å²) in [6.45, 7) is 9.27. The first kappa shape index (κ1) is 74.0. The van der Waals surface area contributed by atoms with Gasteiger partial charge >= 0.3 is 18.3 Å². The van der Waals surface area contributed by atoms with Crippen LogP contribution in [-0.2, 0) is 59.3 Å². The van der Waals surface area contributed by atoms with Gasteiger partial charge in [-0.3, -0.25) is 24.1 Å². The fraction of sp³-hybridized carbons (Fsp3) is 0.394. The molecule has 0 unspecified atom stereocenters. The molecule has 1 aliphatic heterocycles. The molecule has 2 aromatic heterocycles. The summed E-state index contributed by atoms with van der Waals surface area (Å²) in [6, 6.07) is 28.0. The minimum atomic E-state index is -5.19. The molecule has 8 N–H and O–H groups in total.